The lowest BCUT2D eigenvalue weighted by atomic mass is 10.3. The van der Waals surface area contributed by atoms with Crippen molar-refractivity contribution in [1.29, 1.82) is 0 Å². The maximum absolute atomic E-state index is 11.7. The molecule has 8 heteroatoms. The highest BCUT2D eigenvalue weighted by Gasteiger charge is 2.14. The Labute approximate surface area is 110 Å². The molecule has 0 radical (unpaired) electrons. The summed E-state index contributed by atoms with van der Waals surface area (Å²) in [5.41, 5.74) is 2.31. The molecule has 0 aromatic carbocycles. The summed E-state index contributed by atoms with van der Waals surface area (Å²) in [4.78, 5) is 19.5. The fourth-order valence-electron chi connectivity index (χ4n) is 1.21. The normalized spacial score (nSPS) is 11.8. The zero-order valence-electron chi connectivity index (χ0n) is 10.3. The van der Waals surface area contributed by atoms with Crippen LogP contribution >= 0.6 is 11.6 Å². The number of nitrogens with one attached hydrogen (secondary N) is 3. The van der Waals surface area contributed by atoms with Gasteiger partial charge in [0.1, 0.15) is 11.1 Å². The van der Waals surface area contributed by atoms with Crippen LogP contribution in [0.4, 0.5) is 11.8 Å². The summed E-state index contributed by atoms with van der Waals surface area (Å²) in [6.45, 7) is 4.34. The fourth-order valence-corrected chi connectivity index (χ4v) is 1.36. The van der Waals surface area contributed by atoms with E-state index < -0.39 is 6.04 Å². The summed E-state index contributed by atoms with van der Waals surface area (Å²) in [6.07, 6.45) is 2.29. The van der Waals surface area contributed by atoms with Crippen molar-refractivity contribution in [2.24, 2.45) is 5.84 Å². The molecule has 0 aliphatic heterocycles. The number of carbonyl (C=O) groups is 1. The maximum Gasteiger partial charge on any atom is 0.242 e. The molecule has 18 heavy (non-hydrogen) atoms. The number of carbonyl (C=O) groups excluding carboxylic acids is 1. The number of anilines is 2. The van der Waals surface area contributed by atoms with Gasteiger partial charge >= 0.3 is 0 Å². The Balaban J connectivity index is 2.68. The summed E-state index contributed by atoms with van der Waals surface area (Å²) in [6, 6.07) is -0.449. The Kier molecular flexibility index (Phi) is 5.60. The minimum atomic E-state index is -0.449. The predicted molar refractivity (Wildman–Crippen MR) is 71.2 cm³/mol. The van der Waals surface area contributed by atoms with Gasteiger partial charge in [0.25, 0.3) is 0 Å². The van der Waals surface area contributed by atoms with E-state index in [0.29, 0.717) is 17.4 Å². The number of hydrazine groups is 1. The van der Waals surface area contributed by atoms with E-state index in [1.165, 1.54) is 6.20 Å². The molecule has 1 amide bonds. The lowest BCUT2D eigenvalue weighted by Crippen LogP contribution is -2.38. The second-order valence-electron chi connectivity index (χ2n) is 3.69. The van der Waals surface area contributed by atoms with Crippen LogP contribution in [0.2, 0.25) is 5.02 Å². The quantitative estimate of drug-likeness (QED) is 0.450. The molecule has 1 rings (SSSR count). The first-order chi connectivity index (χ1) is 8.58. The standard InChI is InChI=1S/C10H17ClN6O/c1-3-4-13-9(18)6(2)15-8-7(11)5-14-10(16-8)17-12/h5-6H,3-4,12H2,1-2H3,(H,13,18)(H2,14,15,16,17). The van der Waals surface area contributed by atoms with Crippen molar-refractivity contribution < 1.29 is 4.79 Å². The zero-order valence-corrected chi connectivity index (χ0v) is 11.1. The van der Waals surface area contributed by atoms with E-state index in [1.807, 2.05) is 6.92 Å². The van der Waals surface area contributed by atoms with Crippen molar-refractivity contribution in [3.63, 3.8) is 0 Å². The van der Waals surface area contributed by atoms with Crippen LogP contribution in [0.15, 0.2) is 6.20 Å². The highest BCUT2D eigenvalue weighted by molar-refractivity contribution is 6.32. The van der Waals surface area contributed by atoms with Crippen molar-refractivity contribution in [1.82, 2.24) is 15.3 Å². The van der Waals surface area contributed by atoms with Crippen LogP contribution in [0.3, 0.4) is 0 Å². The zero-order chi connectivity index (χ0) is 13.5. The Morgan fingerprint density at radius 3 is 2.94 bits per heavy atom. The van der Waals surface area contributed by atoms with Crippen molar-refractivity contribution in [3.05, 3.63) is 11.2 Å². The highest BCUT2D eigenvalue weighted by atomic mass is 35.5. The lowest BCUT2D eigenvalue weighted by Gasteiger charge is -2.15. The Hall–Kier alpha value is -1.60. The first-order valence-electron chi connectivity index (χ1n) is 5.61. The smallest absolute Gasteiger partial charge is 0.242 e. The van der Waals surface area contributed by atoms with E-state index >= 15 is 0 Å². The Morgan fingerprint density at radius 1 is 1.61 bits per heavy atom. The molecule has 0 spiro atoms. The van der Waals surface area contributed by atoms with Crippen molar-refractivity contribution in [2.75, 3.05) is 17.3 Å². The molecule has 1 atom stereocenters. The summed E-state index contributed by atoms with van der Waals surface area (Å²) >= 11 is 5.92. The third-order valence-corrected chi connectivity index (χ3v) is 2.45. The average molecular weight is 273 g/mol. The molecule has 0 saturated heterocycles. The molecule has 100 valence electrons. The van der Waals surface area contributed by atoms with Crippen LogP contribution in [-0.2, 0) is 4.79 Å². The number of hydrogen-bond donors (Lipinski definition) is 4. The van der Waals surface area contributed by atoms with Crippen LogP contribution in [0.5, 0.6) is 0 Å². The molecule has 1 aromatic rings. The van der Waals surface area contributed by atoms with Crippen molar-refractivity contribution >= 4 is 29.3 Å². The number of nitrogen functional groups attached to an aromatic ring is 1. The van der Waals surface area contributed by atoms with Crippen molar-refractivity contribution in [2.45, 2.75) is 26.3 Å². The van der Waals surface area contributed by atoms with Gasteiger partial charge in [0, 0.05) is 6.54 Å². The van der Waals surface area contributed by atoms with Gasteiger partial charge in [-0.3, -0.25) is 10.2 Å². The van der Waals surface area contributed by atoms with Crippen LogP contribution in [-0.4, -0.2) is 28.5 Å². The largest absolute Gasteiger partial charge is 0.357 e. The van der Waals surface area contributed by atoms with Crippen LogP contribution in [0.1, 0.15) is 20.3 Å². The molecule has 1 heterocycles. The fraction of sp³-hybridized carbons (Fsp3) is 0.500. The van der Waals surface area contributed by atoms with E-state index in [0.717, 1.165) is 6.42 Å². The van der Waals surface area contributed by atoms with Crippen LogP contribution in [0, 0.1) is 0 Å². The summed E-state index contributed by atoms with van der Waals surface area (Å²) < 4.78 is 0. The van der Waals surface area contributed by atoms with Gasteiger partial charge in [0.15, 0.2) is 5.82 Å². The minimum Gasteiger partial charge on any atom is -0.357 e. The number of rotatable bonds is 6. The van der Waals surface area contributed by atoms with Gasteiger partial charge in [-0.05, 0) is 13.3 Å². The number of amides is 1. The van der Waals surface area contributed by atoms with Gasteiger partial charge in [0.2, 0.25) is 11.9 Å². The van der Waals surface area contributed by atoms with Crippen molar-refractivity contribution in [3.8, 4) is 0 Å². The first-order valence-corrected chi connectivity index (χ1v) is 5.99. The third kappa shape index (κ3) is 4.01. The maximum atomic E-state index is 11.7. The topological polar surface area (TPSA) is 105 Å². The van der Waals surface area contributed by atoms with Crippen LogP contribution in [0.25, 0.3) is 0 Å². The molecule has 0 bridgehead atoms. The molecule has 5 N–H and O–H groups in total. The molecule has 0 aliphatic rings. The third-order valence-electron chi connectivity index (χ3n) is 2.17. The van der Waals surface area contributed by atoms with Gasteiger partial charge < -0.3 is 10.6 Å². The lowest BCUT2D eigenvalue weighted by molar-refractivity contribution is -0.121. The van der Waals surface area contributed by atoms with E-state index in [2.05, 4.69) is 26.0 Å². The second kappa shape index (κ2) is 6.97. The van der Waals surface area contributed by atoms with E-state index in [9.17, 15) is 4.79 Å². The highest BCUT2D eigenvalue weighted by Crippen LogP contribution is 2.19. The van der Waals surface area contributed by atoms with Gasteiger partial charge in [-0.2, -0.15) is 4.98 Å². The first kappa shape index (κ1) is 14.5. The minimum absolute atomic E-state index is 0.117. The number of halogens is 1. The molecule has 0 saturated carbocycles. The second-order valence-corrected chi connectivity index (χ2v) is 4.10. The summed E-state index contributed by atoms with van der Waals surface area (Å²) in [5.74, 6) is 5.67. The monoisotopic (exact) mass is 272 g/mol. The number of nitrogens with two attached hydrogens (primary N) is 1. The Bertz CT molecular complexity index is 413. The molecular weight excluding hydrogens is 256 g/mol. The number of aromatic nitrogens is 2. The van der Waals surface area contributed by atoms with E-state index in [-0.39, 0.29) is 11.9 Å². The number of nitrogens with zero attached hydrogens (tertiary/aromatic N) is 2. The van der Waals surface area contributed by atoms with Gasteiger partial charge in [-0.1, -0.05) is 18.5 Å². The molecule has 1 unspecified atom stereocenters. The van der Waals surface area contributed by atoms with Gasteiger partial charge in [-0.25, -0.2) is 10.8 Å². The van der Waals surface area contributed by atoms with Gasteiger partial charge in [0.05, 0.1) is 6.20 Å². The summed E-state index contributed by atoms with van der Waals surface area (Å²) in [5, 5.41) is 6.00. The number of hydrogen-bond acceptors (Lipinski definition) is 6. The Morgan fingerprint density at radius 2 is 2.33 bits per heavy atom. The summed E-state index contributed by atoms with van der Waals surface area (Å²) in [7, 11) is 0. The SMILES string of the molecule is CCCNC(=O)C(C)Nc1nc(NN)ncc1Cl. The molecule has 7 nitrogen and oxygen atoms in total. The molecule has 0 fully saturated rings. The van der Waals surface area contributed by atoms with E-state index in [1.54, 1.807) is 6.92 Å². The molecular formula is C10H17ClN6O. The van der Waals surface area contributed by atoms with Gasteiger partial charge in [-0.15, -0.1) is 0 Å². The molecule has 0 aliphatic carbocycles. The molecule has 1 aromatic heterocycles. The average Bonchev–Trinajstić information content (AvgIpc) is 2.38. The van der Waals surface area contributed by atoms with E-state index in [4.69, 9.17) is 17.4 Å². The predicted octanol–water partition coefficient (Wildman–Crippen LogP) is 0.742. The van der Waals surface area contributed by atoms with Crippen LogP contribution < -0.4 is 21.9 Å².